The van der Waals surface area contributed by atoms with Gasteiger partial charge in [-0.2, -0.15) is 4.37 Å². The van der Waals surface area contributed by atoms with Gasteiger partial charge in [-0.3, -0.25) is 4.79 Å². The number of hydrogen-bond donors (Lipinski definition) is 1. The highest BCUT2D eigenvalue weighted by atomic mass is 32.1. The van der Waals surface area contributed by atoms with Crippen molar-refractivity contribution in [2.45, 2.75) is 19.4 Å². The lowest BCUT2D eigenvalue weighted by Crippen LogP contribution is -2.32. The number of anilines is 1. The topological polar surface area (TPSA) is 80.5 Å². The van der Waals surface area contributed by atoms with Crippen LogP contribution in [0, 0.1) is 5.82 Å². The maximum Gasteiger partial charge on any atom is 0.221 e. The monoisotopic (exact) mass is 418 g/mol. The number of nitrogens with one attached hydrogen (secondary N) is 1. The summed E-state index contributed by atoms with van der Waals surface area (Å²) in [5, 5.41) is 3.53. The number of benzene rings is 1. The van der Waals surface area contributed by atoms with E-state index in [4.69, 9.17) is 9.15 Å². The zero-order chi connectivity index (χ0) is 20.5. The number of amides is 1. The van der Waals surface area contributed by atoms with Crippen molar-refractivity contribution in [1.29, 1.82) is 0 Å². The number of ether oxygens (including phenoxy) is 1. The van der Waals surface area contributed by atoms with Crippen molar-refractivity contribution in [2.24, 2.45) is 0 Å². The van der Waals surface area contributed by atoms with Crippen molar-refractivity contribution in [3.63, 3.8) is 0 Å². The Morgan fingerprint density at radius 2 is 2.14 bits per heavy atom. The van der Waals surface area contributed by atoms with E-state index in [1.807, 2.05) is 17.0 Å². The average molecular weight is 418 g/mol. The zero-order valence-corrected chi connectivity index (χ0v) is 17.0. The summed E-state index contributed by atoms with van der Waals surface area (Å²) in [5.41, 5.74) is 0.936. The highest BCUT2D eigenvalue weighted by Gasteiger charge is 2.16. The van der Waals surface area contributed by atoms with E-state index < -0.39 is 0 Å². The molecule has 0 aliphatic rings. The SMILES string of the molecule is COCCNC(=O)CCN(Cc1ccco1)c1nc(Cc2ccc(F)cc2)ns1. The molecule has 1 aromatic carbocycles. The highest BCUT2D eigenvalue weighted by molar-refractivity contribution is 7.09. The number of methoxy groups -OCH3 is 1. The van der Waals surface area contributed by atoms with Crippen LogP contribution < -0.4 is 10.2 Å². The Labute approximate surface area is 172 Å². The molecule has 9 heteroatoms. The molecule has 0 bridgehead atoms. The van der Waals surface area contributed by atoms with Crippen LogP contribution in [0.25, 0.3) is 0 Å². The van der Waals surface area contributed by atoms with Gasteiger partial charge in [-0.1, -0.05) is 12.1 Å². The molecule has 0 fully saturated rings. The lowest BCUT2D eigenvalue weighted by atomic mass is 10.1. The van der Waals surface area contributed by atoms with Gasteiger partial charge >= 0.3 is 0 Å². The minimum absolute atomic E-state index is 0.0532. The van der Waals surface area contributed by atoms with Crippen LogP contribution in [0.3, 0.4) is 0 Å². The van der Waals surface area contributed by atoms with Gasteiger partial charge in [0.15, 0.2) is 0 Å². The fourth-order valence-corrected chi connectivity index (χ4v) is 3.39. The molecule has 3 aromatic rings. The average Bonchev–Trinajstić information content (AvgIpc) is 3.39. The number of furan rings is 1. The second kappa shape index (κ2) is 10.7. The molecule has 3 rings (SSSR count). The van der Waals surface area contributed by atoms with Crippen molar-refractivity contribution < 1.29 is 18.3 Å². The minimum Gasteiger partial charge on any atom is -0.467 e. The molecule has 0 atom stereocenters. The third kappa shape index (κ3) is 6.65. The lowest BCUT2D eigenvalue weighted by molar-refractivity contribution is -0.121. The van der Waals surface area contributed by atoms with E-state index in [0.717, 1.165) is 11.3 Å². The van der Waals surface area contributed by atoms with E-state index in [2.05, 4.69) is 14.7 Å². The molecule has 0 saturated heterocycles. The summed E-state index contributed by atoms with van der Waals surface area (Å²) >= 11 is 1.27. The molecule has 2 aromatic heterocycles. The van der Waals surface area contributed by atoms with Gasteiger partial charge in [0.05, 0.1) is 19.4 Å². The van der Waals surface area contributed by atoms with Crippen LogP contribution in [0.15, 0.2) is 47.1 Å². The molecule has 154 valence electrons. The van der Waals surface area contributed by atoms with Gasteiger partial charge in [0.25, 0.3) is 0 Å². The first-order valence-electron chi connectivity index (χ1n) is 9.24. The van der Waals surface area contributed by atoms with Crippen LogP contribution in [0.2, 0.25) is 0 Å². The van der Waals surface area contributed by atoms with Crippen LogP contribution in [0.5, 0.6) is 0 Å². The van der Waals surface area contributed by atoms with Gasteiger partial charge in [-0.05, 0) is 29.8 Å². The number of carbonyl (C=O) groups is 1. The molecule has 1 amide bonds. The fraction of sp³-hybridized carbons (Fsp3) is 0.350. The predicted molar refractivity (Wildman–Crippen MR) is 108 cm³/mol. The molecule has 0 spiro atoms. The Morgan fingerprint density at radius 1 is 1.31 bits per heavy atom. The maximum atomic E-state index is 13.1. The van der Waals surface area contributed by atoms with Crippen LogP contribution in [0.1, 0.15) is 23.6 Å². The summed E-state index contributed by atoms with van der Waals surface area (Å²) in [7, 11) is 1.59. The smallest absolute Gasteiger partial charge is 0.221 e. The van der Waals surface area contributed by atoms with Gasteiger partial charge in [0.2, 0.25) is 11.0 Å². The summed E-state index contributed by atoms with van der Waals surface area (Å²) in [6.45, 7) is 1.92. The second-order valence-corrected chi connectivity index (χ2v) is 7.12. The molecule has 2 heterocycles. The van der Waals surface area contributed by atoms with Crippen molar-refractivity contribution in [1.82, 2.24) is 14.7 Å². The van der Waals surface area contributed by atoms with Gasteiger partial charge in [-0.25, -0.2) is 9.37 Å². The number of halogens is 1. The van der Waals surface area contributed by atoms with Crippen LogP contribution in [-0.4, -0.2) is 42.1 Å². The molecule has 0 saturated carbocycles. The standard InChI is InChI=1S/C20H23FN4O3S/c1-27-12-9-22-19(26)8-10-25(14-17-3-2-11-28-17)20-23-18(24-29-20)13-15-4-6-16(21)7-5-15/h2-7,11H,8-10,12-14H2,1H3,(H,22,26). The second-order valence-electron chi connectivity index (χ2n) is 6.39. The van der Waals surface area contributed by atoms with E-state index in [0.29, 0.717) is 50.0 Å². The van der Waals surface area contributed by atoms with E-state index in [9.17, 15) is 9.18 Å². The van der Waals surface area contributed by atoms with Gasteiger partial charge in [0.1, 0.15) is 17.4 Å². The summed E-state index contributed by atoms with van der Waals surface area (Å²) in [6, 6.07) is 10.0. The highest BCUT2D eigenvalue weighted by Crippen LogP contribution is 2.22. The maximum absolute atomic E-state index is 13.1. The quantitative estimate of drug-likeness (QED) is 0.482. The molecule has 29 heavy (non-hydrogen) atoms. The molecule has 0 aliphatic heterocycles. The molecule has 0 unspecified atom stereocenters. The molecular formula is C20H23FN4O3S. The first kappa shape index (κ1) is 20.9. The number of aromatic nitrogens is 2. The molecule has 0 aliphatic carbocycles. The van der Waals surface area contributed by atoms with E-state index in [1.165, 1.54) is 23.7 Å². The van der Waals surface area contributed by atoms with Gasteiger partial charge < -0.3 is 19.4 Å². The van der Waals surface area contributed by atoms with E-state index in [-0.39, 0.29) is 11.7 Å². The Balaban J connectivity index is 1.64. The normalized spacial score (nSPS) is 10.8. The van der Waals surface area contributed by atoms with Gasteiger partial charge in [0, 0.05) is 44.6 Å². The number of hydrogen-bond acceptors (Lipinski definition) is 7. The fourth-order valence-electron chi connectivity index (χ4n) is 2.68. The summed E-state index contributed by atoms with van der Waals surface area (Å²) in [4.78, 5) is 18.6. The molecular weight excluding hydrogens is 395 g/mol. The summed E-state index contributed by atoms with van der Waals surface area (Å²) in [6.07, 6.45) is 2.45. The Morgan fingerprint density at radius 3 is 2.86 bits per heavy atom. The number of carbonyl (C=O) groups excluding carboxylic acids is 1. The molecule has 7 nitrogen and oxygen atoms in total. The van der Waals surface area contributed by atoms with Gasteiger partial charge in [-0.15, -0.1) is 0 Å². The lowest BCUT2D eigenvalue weighted by Gasteiger charge is -2.20. The number of rotatable bonds is 11. The van der Waals surface area contributed by atoms with Crippen LogP contribution in [0.4, 0.5) is 9.52 Å². The van der Waals surface area contributed by atoms with Crippen LogP contribution >= 0.6 is 11.5 Å². The van der Waals surface area contributed by atoms with Crippen molar-refractivity contribution in [3.05, 3.63) is 65.6 Å². The molecule has 0 radical (unpaired) electrons. The number of nitrogens with zero attached hydrogens (tertiary/aromatic N) is 3. The minimum atomic E-state index is -0.269. The predicted octanol–water partition coefficient (Wildman–Crippen LogP) is 3.02. The molecule has 1 N–H and O–H groups in total. The first-order valence-corrected chi connectivity index (χ1v) is 10.0. The Kier molecular flexibility index (Phi) is 7.71. The van der Waals surface area contributed by atoms with E-state index in [1.54, 1.807) is 25.5 Å². The Hall–Kier alpha value is -2.78. The van der Waals surface area contributed by atoms with E-state index >= 15 is 0 Å². The first-order chi connectivity index (χ1) is 14.1. The summed E-state index contributed by atoms with van der Waals surface area (Å²) in [5.74, 6) is 1.11. The van der Waals surface area contributed by atoms with Crippen molar-refractivity contribution in [3.8, 4) is 0 Å². The largest absolute Gasteiger partial charge is 0.467 e. The van der Waals surface area contributed by atoms with Crippen molar-refractivity contribution in [2.75, 3.05) is 31.7 Å². The Bertz CT molecular complexity index is 884. The van der Waals surface area contributed by atoms with Crippen LogP contribution in [-0.2, 0) is 22.5 Å². The van der Waals surface area contributed by atoms with Crippen molar-refractivity contribution >= 4 is 22.6 Å². The zero-order valence-electron chi connectivity index (χ0n) is 16.1. The third-order valence-electron chi connectivity index (χ3n) is 4.17. The third-order valence-corrected chi connectivity index (χ3v) is 4.98. The summed E-state index contributed by atoms with van der Waals surface area (Å²) < 4.78 is 27.9.